The summed E-state index contributed by atoms with van der Waals surface area (Å²) < 4.78 is 13.1. The molecule has 2 nitrogen and oxygen atoms in total. The average Bonchev–Trinajstić information content (AvgIpc) is 2.29. The molecule has 0 saturated heterocycles. The van der Waals surface area contributed by atoms with E-state index in [-0.39, 0.29) is 0 Å². The van der Waals surface area contributed by atoms with Crippen molar-refractivity contribution in [2.24, 2.45) is 0 Å². The van der Waals surface area contributed by atoms with E-state index in [9.17, 15) is 4.21 Å². The minimum absolute atomic E-state index is 0.342. The van der Waals surface area contributed by atoms with Crippen molar-refractivity contribution in [3.8, 4) is 0 Å². The van der Waals surface area contributed by atoms with Crippen molar-refractivity contribution >= 4 is 26.7 Å². The highest BCUT2D eigenvalue weighted by Gasteiger charge is 2.11. The van der Waals surface area contributed by atoms with Crippen LogP contribution in [0.25, 0.3) is 0 Å². The van der Waals surface area contributed by atoms with Crippen molar-refractivity contribution in [3.63, 3.8) is 0 Å². The Morgan fingerprint density at radius 1 is 1.38 bits per heavy atom. The van der Waals surface area contributed by atoms with Crippen LogP contribution >= 0.6 is 15.9 Å². The van der Waals surface area contributed by atoms with Gasteiger partial charge in [0.15, 0.2) is 0 Å². The Bertz CT molecular complexity index is 339. The minimum atomic E-state index is -0.906. The summed E-state index contributed by atoms with van der Waals surface area (Å²) in [4.78, 5) is 0.902. The fraction of sp³-hybridized carbons (Fsp3) is 0.500. The van der Waals surface area contributed by atoms with Crippen LogP contribution in [0.15, 0.2) is 33.6 Å². The molecule has 2 atom stereocenters. The maximum absolute atomic E-state index is 12.1. The van der Waals surface area contributed by atoms with Crippen molar-refractivity contribution in [1.82, 2.24) is 5.32 Å². The standard InChI is InChI=1S/C12H18BrNOS/c1-3-4-11(14-2)9-16(15)12-7-5-10(13)6-8-12/h5-8,11,14H,3-4,9H2,1-2H3. The predicted octanol–water partition coefficient (Wildman–Crippen LogP) is 2.94. The number of nitrogens with one attached hydrogen (secondary N) is 1. The van der Waals surface area contributed by atoms with Gasteiger partial charge in [0.05, 0.1) is 10.8 Å². The van der Waals surface area contributed by atoms with Crippen LogP contribution in [0.4, 0.5) is 0 Å². The molecule has 0 saturated carbocycles. The van der Waals surface area contributed by atoms with Gasteiger partial charge in [0, 0.05) is 21.2 Å². The zero-order valence-electron chi connectivity index (χ0n) is 9.70. The Kier molecular flexibility index (Phi) is 6.24. The second-order valence-corrected chi connectivity index (χ2v) is 6.15. The van der Waals surface area contributed by atoms with Crippen LogP contribution in [-0.4, -0.2) is 23.1 Å². The van der Waals surface area contributed by atoms with E-state index in [1.807, 2.05) is 31.3 Å². The molecular weight excluding hydrogens is 286 g/mol. The van der Waals surface area contributed by atoms with Crippen LogP contribution in [0.5, 0.6) is 0 Å². The average molecular weight is 304 g/mol. The van der Waals surface area contributed by atoms with Crippen LogP contribution in [0.2, 0.25) is 0 Å². The fourth-order valence-corrected chi connectivity index (χ4v) is 3.12. The third kappa shape index (κ3) is 4.36. The van der Waals surface area contributed by atoms with Crippen LogP contribution in [-0.2, 0) is 10.8 Å². The first-order valence-corrected chi connectivity index (χ1v) is 7.59. The van der Waals surface area contributed by atoms with E-state index >= 15 is 0 Å². The first-order chi connectivity index (χ1) is 7.67. The maximum atomic E-state index is 12.1. The van der Waals surface area contributed by atoms with E-state index in [1.165, 1.54) is 0 Å². The lowest BCUT2D eigenvalue weighted by molar-refractivity contribution is 0.557. The third-order valence-corrected chi connectivity index (χ3v) is 4.51. The summed E-state index contributed by atoms with van der Waals surface area (Å²) >= 11 is 3.37. The molecule has 0 aromatic heterocycles. The van der Waals surface area contributed by atoms with Crippen LogP contribution in [0.3, 0.4) is 0 Å². The molecule has 1 N–H and O–H groups in total. The molecule has 0 heterocycles. The Balaban J connectivity index is 2.60. The molecule has 0 aliphatic rings. The highest BCUT2D eigenvalue weighted by atomic mass is 79.9. The van der Waals surface area contributed by atoms with Crippen molar-refractivity contribution in [1.29, 1.82) is 0 Å². The Morgan fingerprint density at radius 3 is 2.50 bits per heavy atom. The van der Waals surface area contributed by atoms with Gasteiger partial charge in [-0.25, -0.2) is 0 Å². The monoisotopic (exact) mass is 303 g/mol. The van der Waals surface area contributed by atoms with Crippen molar-refractivity contribution in [2.75, 3.05) is 12.8 Å². The van der Waals surface area contributed by atoms with Crippen molar-refractivity contribution in [2.45, 2.75) is 30.7 Å². The highest BCUT2D eigenvalue weighted by molar-refractivity contribution is 9.10. The first kappa shape index (κ1) is 13.9. The second-order valence-electron chi connectivity index (χ2n) is 3.74. The molecule has 1 aromatic rings. The van der Waals surface area contributed by atoms with Gasteiger partial charge in [-0.2, -0.15) is 0 Å². The zero-order chi connectivity index (χ0) is 12.0. The van der Waals surface area contributed by atoms with Crippen molar-refractivity contribution in [3.05, 3.63) is 28.7 Å². The lowest BCUT2D eigenvalue weighted by atomic mass is 10.2. The molecule has 1 aromatic carbocycles. The Labute approximate surface area is 108 Å². The lowest BCUT2D eigenvalue weighted by Crippen LogP contribution is -2.30. The van der Waals surface area contributed by atoms with Gasteiger partial charge in [0.1, 0.15) is 0 Å². The van der Waals surface area contributed by atoms with Gasteiger partial charge in [-0.3, -0.25) is 4.21 Å². The number of halogens is 1. The van der Waals surface area contributed by atoms with E-state index in [0.717, 1.165) is 22.2 Å². The number of hydrogen-bond acceptors (Lipinski definition) is 2. The van der Waals surface area contributed by atoms with Crippen LogP contribution in [0.1, 0.15) is 19.8 Å². The largest absolute Gasteiger partial charge is 0.316 e. The minimum Gasteiger partial charge on any atom is -0.316 e. The molecule has 0 bridgehead atoms. The zero-order valence-corrected chi connectivity index (χ0v) is 12.1. The van der Waals surface area contributed by atoms with E-state index in [0.29, 0.717) is 11.8 Å². The van der Waals surface area contributed by atoms with Crippen LogP contribution < -0.4 is 5.32 Å². The number of hydrogen-bond donors (Lipinski definition) is 1. The molecule has 0 fully saturated rings. The Hall–Kier alpha value is -0.190. The molecule has 0 amide bonds. The van der Waals surface area contributed by atoms with E-state index in [2.05, 4.69) is 28.2 Å². The molecule has 16 heavy (non-hydrogen) atoms. The summed E-state index contributed by atoms with van der Waals surface area (Å²) in [6.07, 6.45) is 2.18. The van der Waals surface area contributed by atoms with Gasteiger partial charge in [-0.05, 0) is 37.7 Å². The smallest absolute Gasteiger partial charge is 0.0545 e. The van der Waals surface area contributed by atoms with Crippen molar-refractivity contribution < 1.29 is 4.21 Å². The molecule has 1 rings (SSSR count). The SMILES string of the molecule is CCCC(CS(=O)c1ccc(Br)cc1)NC. The third-order valence-electron chi connectivity index (χ3n) is 2.47. The highest BCUT2D eigenvalue weighted by Crippen LogP contribution is 2.14. The van der Waals surface area contributed by atoms with E-state index in [4.69, 9.17) is 0 Å². The first-order valence-electron chi connectivity index (χ1n) is 5.48. The quantitative estimate of drug-likeness (QED) is 0.875. The van der Waals surface area contributed by atoms with E-state index < -0.39 is 10.8 Å². The predicted molar refractivity (Wildman–Crippen MR) is 73.2 cm³/mol. The van der Waals surface area contributed by atoms with Gasteiger partial charge >= 0.3 is 0 Å². The normalized spacial score (nSPS) is 14.7. The number of benzene rings is 1. The lowest BCUT2D eigenvalue weighted by Gasteiger charge is -2.14. The summed E-state index contributed by atoms with van der Waals surface area (Å²) in [5.41, 5.74) is 0. The molecular formula is C12H18BrNOS. The summed E-state index contributed by atoms with van der Waals surface area (Å²) in [7, 11) is 1.02. The van der Waals surface area contributed by atoms with Gasteiger partial charge in [0.25, 0.3) is 0 Å². The van der Waals surface area contributed by atoms with E-state index in [1.54, 1.807) is 0 Å². The van der Waals surface area contributed by atoms with Crippen LogP contribution in [0, 0.1) is 0 Å². The summed E-state index contributed by atoms with van der Waals surface area (Å²) in [5.74, 6) is 0.686. The summed E-state index contributed by atoms with van der Waals surface area (Å²) in [6, 6.07) is 8.04. The summed E-state index contributed by atoms with van der Waals surface area (Å²) in [5, 5.41) is 3.21. The Morgan fingerprint density at radius 2 is 2.00 bits per heavy atom. The molecule has 0 aliphatic carbocycles. The molecule has 2 unspecified atom stereocenters. The molecule has 0 aliphatic heterocycles. The topological polar surface area (TPSA) is 29.1 Å². The number of rotatable bonds is 6. The molecule has 0 radical (unpaired) electrons. The molecule has 0 spiro atoms. The fourth-order valence-electron chi connectivity index (χ4n) is 1.52. The molecule has 90 valence electrons. The van der Waals surface area contributed by atoms with Gasteiger partial charge in [0.2, 0.25) is 0 Å². The van der Waals surface area contributed by atoms with Gasteiger partial charge in [-0.1, -0.05) is 29.3 Å². The van der Waals surface area contributed by atoms with Gasteiger partial charge < -0.3 is 5.32 Å². The second kappa shape index (κ2) is 7.20. The summed E-state index contributed by atoms with van der Waals surface area (Å²) in [6.45, 7) is 2.15. The van der Waals surface area contributed by atoms with Gasteiger partial charge in [-0.15, -0.1) is 0 Å². The molecule has 4 heteroatoms. The maximum Gasteiger partial charge on any atom is 0.0545 e.